The standard InChI is InChI=1S/C13H11BrN2O4/c1-19-9-4-2-3-8(12(9)17)7-15-16-13(18)10-5-6-11(14)20-10/h2-7,17H,1H3,(H,16,18)/b15-7-. The number of para-hydroxylation sites is 1. The van der Waals surface area contributed by atoms with E-state index in [1.807, 2.05) is 0 Å². The lowest BCUT2D eigenvalue weighted by Gasteiger charge is -2.04. The molecule has 104 valence electrons. The molecule has 0 bridgehead atoms. The minimum atomic E-state index is -0.491. The molecule has 0 aliphatic heterocycles. The summed E-state index contributed by atoms with van der Waals surface area (Å²) in [6.45, 7) is 0. The molecular weight excluding hydrogens is 328 g/mol. The minimum absolute atomic E-state index is 0.0475. The summed E-state index contributed by atoms with van der Waals surface area (Å²) in [6.07, 6.45) is 1.31. The van der Waals surface area contributed by atoms with Crippen molar-refractivity contribution in [2.45, 2.75) is 0 Å². The number of carbonyl (C=O) groups excluding carboxylic acids is 1. The van der Waals surface area contributed by atoms with E-state index in [1.165, 1.54) is 19.4 Å². The number of phenols is 1. The van der Waals surface area contributed by atoms with E-state index in [0.29, 0.717) is 16.0 Å². The number of ether oxygens (including phenoxy) is 1. The number of amides is 1. The maximum Gasteiger partial charge on any atom is 0.307 e. The van der Waals surface area contributed by atoms with Crippen LogP contribution in [0.3, 0.4) is 0 Å². The summed E-state index contributed by atoms with van der Waals surface area (Å²) in [6, 6.07) is 8.07. The van der Waals surface area contributed by atoms with Crippen LogP contribution in [0.5, 0.6) is 11.5 Å². The molecule has 2 rings (SSSR count). The van der Waals surface area contributed by atoms with Gasteiger partial charge in [0.25, 0.3) is 0 Å². The number of hydrogen-bond acceptors (Lipinski definition) is 5. The third-order valence-electron chi connectivity index (χ3n) is 2.42. The fourth-order valence-corrected chi connectivity index (χ4v) is 1.77. The summed E-state index contributed by atoms with van der Waals surface area (Å²) >= 11 is 3.10. The molecule has 0 saturated carbocycles. The summed E-state index contributed by atoms with van der Waals surface area (Å²) in [5.74, 6) is -0.0813. The fraction of sp³-hybridized carbons (Fsp3) is 0.0769. The van der Waals surface area contributed by atoms with Crippen molar-refractivity contribution < 1.29 is 19.1 Å². The number of nitrogens with zero attached hydrogens (tertiary/aromatic N) is 1. The van der Waals surface area contributed by atoms with Gasteiger partial charge in [-0.25, -0.2) is 5.43 Å². The molecule has 0 saturated heterocycles. The lowest BCUT2D eigenvalue weighted by Crippen LogP contribution is -2.16. The molecule has 1 heterocycles. The van der Waals surface area contributed by atoms with Gasteiger partial charge in [0.1, 0.15) is 0 Å². The molecule has 0 atom stereocenters. The lowest BCUT2D eigenvalue weighted by molar-refractivity contribution is 0.0926. The van der Waals surface area contributed by atoms with Crippen molar-refractivity contribution in [3.8, 4) is 11.5 Å². The molecule has 0 fully saturated rings. The highest BCUT2D eigenvalue weighted by atomic mass is 79.9. The zero-order valence-corrected chi connectivity index (χ0v) is 12.0. The molecule has 0 unspecified atom stereocenters. The first-order chi connectivity index (χ1) is 9.61. The normalized spacial score (nSPS) is 10.7. The van der Waals surface area contributed by atoms with Gasteiger partial charge >= 0.3 is 5.91 Å². The number of methoxy groups -OCH3 is 1. The van der Waals surface area contributed by atoms with E-state index >= 15 is 0 Å². The van der Waals surface area contributed by atoms with Crippen molar-refractivity contribution >= 4 is 28.1 Å². The number of halogens is 1. The number of aromatic hydroxyl groups is 1. The molecule has 6 nitrogen and oxygen atoms in total. The molecule has 1 aromatic carbocycles. The number of hydrogen-bond donors (Lipinski definition) is 2. The minimum Gasteiger partial charge on any atom is -0.504 e. The molecule has 7 heteroatoms. The molecule has 2 aromatic rings. The molecular formula is C13H11BrN2O4. The van der Waals surface area contributed by atoms with Crippen LogP contribution in [0.4, 0.5) is 0 Å². The Labute approximate surface area is 123 Å². The predicted octanol–water partition coefficient (Wildman–Crippen LogP) is 2.52. The smallest absolute Gasteiger partial charge is 0.307 e. The van der Waals surface area contributed by atoms with E-state index in [2.05, 4.69) is 26.5 Å². The lowest BCUT2D eigenvalue weighted by atomic mass is 10.2. The van der Waals surface area contributed by atoms with Gasteiger partial charge in [0.05, 0.1) is 13.3 Å². The quantitative estimate of drug-likeness (QED) is 0.662. The Morgan fingerprint density at radius 3 is 2.90 bits per heavy atom. The highest BCUT2D eigenvalue weighted by Gasteiger charge is 2.09. The number of carbonyl (C=O) groups is 1. The number of rotatable bonds is 4. The summed E-state index contributed by atoms with van der Waals surface area (Å²) in [5.41, 5.74) is 2.71. The van der Waals surface area contributed by atoms with Gasteiger partial charge in [-0.05, 0) is 40.2 Å². The average molecular weight is 339 g/mol. The van der Waals surface area contributed by atoms with E-state index in [1.54, 1.807) is 24.3 Å². The highest BCUT2D eigenvalue weighted by molar-refractivity contribution is 9.10. The molecule has 0 spiro atoms. The first-order valence-electron chi connectivity index (χ1n) is 5.56. The fourth-order valence-electron chi connectivity index (χ4n) is 1.46. The van der Waals surface area contributed by atoms with Crippen molar-refractivity contribution in [3.05, 3.63) is 46.3 Å². The van der Waals surface area contributed by atoms with Crippen molar-refractivity contribution in [2.24, 2.45) is 5.10 Å². The third-order valence-corrected chi connectivity index (χ3v) is 2.84. The second-order valence-electron chi connectivity index (χ2n) is 3.70. The average Bonchev–Trinajstić information content (AvgIpc) is 2.87. The Kier molecular flexibility index (Phi) is 4.41. The summed E-state index contributed by atoms with van der Waals surface area (Å²) in [5, 5.41) is 13.6. The van der Waals surface area contributed by atoms with Gasteiger partial charge in [-0.15, -0.1) is 0 Å². The number of benzene rings is 1. The van der Waals surface area contributed by atoms with Crippen LogP contribution in [0, 0.1) is 0 Å². The zero-order chi connectivity index (χ0) is 14.5. The van der Waals surface area contributed by atoms with E-state index in [-0.39, 0.29) is 11.5 Å². The van der Waals surface area contributed by atoms with Gasteiger partial charge in [-0.1, -0.05) is 6.07 Å². The Balaban J connectivity index is 2.05. The summed E-state index contributed by atoms with van der Waals surface area (Å²) < 4.78 is 10.5. The Morgan fingerprint density at radius 2 is 2.25 bits per heavy atom. The van der Waals surface area contributed by atoms with Crippen LogP contribution >= 0.6 is 15.9 Å². The maximum absolute atomic E-state index is 11.6. The zero-order valence-electron chi connectivity index (χ0n) is 10.5. The van der Waals surface area contributed by atoms with Crippen LogP contribution in [-0.4, -0.2) is 24.3 Å². The van der Waals surface area contributed by atoms with Crippen molar-refractivity contribution in [3.63, 3.8) is 0 Å². The number of hydrazone groups is 1. The van der Waals surface area contributed by atoms with Crippen LogP contribution in [0.15, 0.2) is 44.5 Å². The van der Waals surface area contributed by atoms with Crippen LogP contribution in [-0.2, 0) is 0 Å². The van der Waals surface area contributed by atoms with Crippen LogP contribution in [0.1, 0.15) is 16.1 Å². The van der Waals surface area contributed by atoms with Gasteiger partial charge in [-0.3, -0.25) is 4.79 Å². The molecule has 0 aliphatic rings. The third kappa shape index (κ3) is 3.18. The van der Waals surface area contributed by atoms with E-state index < -0.39 is 5.91 Å². The summed E-state index contributed by atoms with van der Waals surface area (Å²) in [7, 11) is 1.45. The summed E-state index contributed by atoms with van der Waals surface area (Å²) in [4.78, 5) is 11.6. The first kappa shape index (κ1) is 14.1. The second kappa shape index (κ2) is 6.25. The van der Waals surface area contributed by atoms with Crippen LogP contribution in [0.25, 0.3) is 0 Å². The van der Waals surface area contributed by atoms with Crippen LogP contribution in [0.2, 0.25) is 0 Å². The highest BCUT2D eigenvalue weighted by Crippen LogP contribution is 2.27. The Bertz CT molecular complexity index is 652. The van der Waals surface area contributed by atoms with Crippen molar-refractivity contribution in [1.29, 1.82) is 0 Å². The molecule has 2 N–H and O–H groups in total. The van der Waals surface area contributed by atoms with Gasteiger partial charge in [0, 0.05) is 5.56 Å². The number of phenolic OH excluding ortho intramolecular Hbond substituents is 1. The first-order valence-corrected chi connectivity index (χ1v) is 6.36. The molecule has 1 aromatic heterocycles. The van der Waals surface area contributed by atoms with Gasteiger partial charge in [0.2, 0.25) is 0 Å². The van der Waals surface area contributed by atoms with Crippen molar-refractivity contribution in [1.82, 2.24) is 5.43 Å². The predicted molar refractivity (Wildman–Crippen MR) is 76.1 cm³/mol. The SMILES string of the molecule is COc1cccc(/C=N\NC(=O)c2ccc(Br)o2)c1O. The molecule has 20 heavy (non-hydrogen) atoms. The Hall–Kier alpha value is -2.28. The molecule has 1 amide bonds. The molecule has 0 aliphatic carbocycles. The molecule has 0 radical (unpaired) electrons. The number of nitrogens with one attached hydrogen (secondary N) is 1. The van der Waals surface area contributed by atoms with Gasteiger partial charge in [-0.2, -0.15) is 5.10 Å². The van der Waals surface area contributed by atoms with Crippen LogP contribution < -0.4 is 10.2 Å². The monoisotopic (exact) mass is 338 g/mol. The second-order valence-corrected chi connectivity index (χ2v) is 4.48. The maximum atomic E-state index is 11.6. The Morgan fingerprint density at radius 1 is 1.45 bits per heavy atom. The van der Waals surface area contributed by atoms with E-state index in [0.717, 1.165) is 0 Å². The van der Waals surface area contributed by atoms with E-state index in [9.17, 15) is 9.90 Å². The van der Waals surface area contributed by atoms with E-state index in [4.69, 9.17) is 9.15 Å². The topological polar surface area (TPSA) is 84.1 Å². The number of furan rings is 1. The van der Waals surface area contributed by atoms with Gasteiger partial charge in [0.15, 0.2) is 21.9 Å². The largest absolute Gasteiger partial charge is 0.504 e. The van der Waals surface area contributed by atoms with Crippen molar-refractivity contribution in [2.75, 3.05) is 7.11 Å². The van der Waals surface area contributed by atoms with Gasteiger partial charge < -0.3 is 14.3 Å².